The van der Waals surface area contributed by atoms with E-state index in [0.717, 1.165) is 0 Å². The Morgan fingerprint density at radius 1 is 1.17 bits per heavy atom. The smallest absolute Gasteiger partial charge is 0.399 e. The van der Waals surface area contributed by atoms with Gasteiger partial charge >= 0.3 is 7.12 Å². The highest BCUT2D eigenvalue weighted by molar-refractivity contribution is 9.10. The molecule has 1 aliphatic heterocycles. The second-order valence-corrected chi connectivity index (χ2v) is 6.62. The molecule has 0 spiro atoms. The van der Waals surface area contributed by atoms with E-state index in [4.69, 9.17) is 20.9 Å². The van der Waals surface area contributed by atoms with E-state index in [1.807, 2.05) is 27.7 Å². The maximum atomic E-state index is 13.6. The molecule has 0 radical (unpaired) electrons. The fourth-order valence-corrected chi connectivity index (χ4v) is 2.25. The number of rotatable bonds is 1. The topological polar surface area (TPSA) is 18.5 Å². The summed E-state index contributed by atoms with van der Waals surface area (Å²) in [7, 11) is -0.585. The van der Waals surface area contributed by atoms with E-state index in [-0.39, 0.29) is 5.02 Å². The molecular formula is C12H14BBrClFO2. The lowest BCUT2D eigenvalue weighted by molar-refractivity contribution is 0.00578. The van der Waals surface area contributed by atoms with Gasteiger partial charge in [-0.05, 0) is 61.2 Å². The lowest BCUT2D eigenvalue weighted by Gasteiger charge is -2.32. The maximum Gasteiger partial charge on any atom is 0.494 e. The molecule has 0 unspecified atom stereocenters. The van der Waals surface area contributed by atoms with Gasteiger partial charge in [0.05, 0.1) is 16.2 Å². The third-order valence-electron chi connectivity index (χ3n) is 3.53. The van der Waals surface area contributed by atoms with Gasteiger partial charge in [-0.15, -0.1) is 0 Å². The molecule has 0 bridgehead atoms. The fourth-order valence-electron chi connectivity index (χ4n) is 1.69. The van der Waals surface area contributed by atoms with E-state index in [1.165, 1.54) is 6.07 Å². The van der Waals surface area contributed by atoms with Gasteiger partial charge in [-0.25, -0.2) is 4.39 Å². The fraction of sp³-hybridized carbons (Fsp3) is 0.500. The van der Waals surface area contributed by atoms with Crippen molar-refractivity contribution >= 4 is 40.1 Å². The summed E-state index contributed by atoms with van der Waals surface area (Å²) < 4.78 is 25.8. The Morgan fingerprint density at radius 2 is 1.67 bits per heavy atom. The van der Waals surface area contributed by atoms with Crippen LogP contribution >= 0.6 is 27.5 Å². The van der Waals surface area contributed by atoms with Gasteiger partial charge in [0, 0.05) is 4.47 Å². The SMILES string of the molecule is CC1(C)OB(c2cc(F)c(Cl)c(Br)c2)OC1(C)C. The van der Waals surface area contributed by atoms with E-state index in [9.17, 15) is 4.39 Å². The van der Waals surface area contributed by atoms with Gasteiger partial charge in [-0.3, -0.25) is 0 Å². The summed E-state index contributed by atoms with van der Waals surface area (Å²) in [5.41, 5.74) is -0.275. The summed E-state index contributed by atoms with van der Waals surface area (Å²) in [6.45, 7) is 7.81. The van der Waals surface area contributed by atoms with Gasteiger partial charge < -0.3 is 9.31 Å². The first-order valence-corrected chi connectivity index (χ1v) is 6.81. The van der Waals surface area contributed by atoms with Crippen LogP contribution in [0.2, 0.25) is 5.02 Å². The molecule has 0 saturated carbocycles. The van der Waals surface area contributed by atoms with Gasteiger partial charge in [0.25, 0.3) is 0 Å². The summed E-state index contributed by atoms with van der Waals surface area (Å²) in [5.74, 6) is -0.490. The van der Waals surface area contributed by atoms with Crippen molar-refractivity contribution in [2.45, 2.75) is 38.9 Å². The highest BCUT2D eigenvalue weighted by Gasteiger charge is 2.51. The van der Waals surface area contributed by atoms with Crippen LogP contribution in [0.4, 0.5) is 4.39 Å². The third-order valence-corrected chi connectivity index (χ3v) is 4.77. The van der Waals surface area contributed by atoms with Crippen LogP contribution < -0.4 is 5.46 Å². The molecule has 0 aromatic heterocycles. The van der Waals surface area contributed by atoms with Crippen LogP contribution in [-0.4, -0.2) is 18.3 Å². The molecule has 0 N–H and O–H groups in total. The zero-order chi connectivity index (χ0) is 13.7. The Hall–Kier alpha value is -0.0951. The summed E-state index contributed by atoms with van der Waals surface area (Å²) in [6.07, 6.45) is 0. The van der Waals surface area contributed by atoms with Crippen LogP contribution in [0, 0.1) is 5.82 Å². The molecule has 0 amide bonds. The molecule has 98 valence electrons. The monoisotopic (exact) mass is 334 g/mol. The zero-order valence-electron chi connectivity index (χ0n) is 10.7. The summed E-state index contributed by atoms with van der Waals surface area (Å²) in [6, 6.07) is 3.06. The predicted octanol–water partition coefficient (Wildman–Crippen LogP) is 3.54. The van der Waals surface area contributed by atoms with Crippen LogP contribution in [0.1, 0.15) is 27.7 Å². The highest BCUT2D eigenvalue weighted by Crippen LogP contribution is 2.37. The van der Waals surface area contributed by atoms with Gasteiger partial charge in [0.1, 0.15) is 5.82 Å². The number of benzene rings is 1. The van der Waals surface area contributed by atoms with Gasteiger partial charge in [0.15, 0.2) is 0 Å². The molecule has 2 nitrogen and oxygen atoms in total. The largest absolute Gasteiger partial charge is 0.494 e. The molecule has 1 heterocycles. The van der Waals surface area contributed by atoms with E-state index in [0.29, 0.717) is 9.94 Å². The molecule has 1 aromatic rings. The Balaban J connectivity index is 2.36. The average molecular weight is 335 g/mol. The quantitative estimate of drug-likeness (QED) is 0.577. The van der Waals surface area contributed by atoms with E-state index < -0.39 is 24.1 Å². The van der Waals surface area contributed by atoms with Crippen LogP contribution in [0.5, 0.6) is 0 Å². The molecular weight excluding hydrogens is 321 g/mol. The minimum Gasteiger partial charge on any atom is -0.399 e. The second kappa shape index (κ2) is 4.48. The summed E-state index contributed by atoms with van der Waals surface area (Å²) in [5, 5.41) is 0.0651. The normalized spacial score (nSPS) is 21.4. The van der Waals surface area contributed by atoms with Crippen molar-refractivity contribution < 1.29 is 13.7 Å². The Labute approximate surface area is 120 Å². The second-order valence-electron chi connectivity index (χ2n) is 5.39. The van der Waals surface area contributed by atoms with E-state index in [2.05, 4.69) is 15.9 Å². The van der Waals surface area contributed by atoms with Crippen LogP contribution in [0.3, 0.4) is 0 Å². The Kier molecular flexibility index (Phi) is 3.56. The minimum atomic E-state index is -0.585. The van der Waals surface area contributed by atoms with Crippen molar-refractivity contribution in [3.05, 3.63) is 27.4 Å². The molecule has 0 atom stereocenters. The maximum absolute atomic E-state index is 13.6. The summed E-state index contributed by atoms with van der Waals surface area (Å²) >= 11 is 8.98. The lowest BCUT2D eigenvalue weighted by atomic mass is 9.79. The van der Waals surface area contributed by atoms with Crippen LogP contribution in [0.25, 0.3) is 0 Å². The molecule has 1 fully saturated rings. The highest BCUT2D eigenvalue weighted by atomic mass is 79.9. The number of hydrogen-bond acceptors (Lipinski definition) is 2. The Morgan fingerprint density at radius 3 is 2.11 bits per heavy atom. The number of hydrogen-bond donors (Lipinski definition) is 0. The van der Waals surface area contributed by atoms with Gasteiger partial charge in [-0.2, -0.15) is 0 Å². The average Bonchev–Trinajstić information content (AvgIpc) is 2.44. The van der Waals surface area contributed by atoms with Crippen molar-refractivity contribution in [2.24, 2.45) is 0 Å². The van der Waals surface area contributed by atoms with E-state index >= 15 is 0 Å². The van der Waals surface area contributed by atoms with E-state index in [1.54, 1.807) is 6.07 Å². The first-order valence-electron chi connectivity index (χ1n) is 5.64. The van der Waals surface area contributed by atoms with Crippen LogP contribution in [0.15, 0.2) is 16.6 Å². The van der Waals surface area contributed by atoms with Crippen molar-refractivity contribution in [2.75, 3.05) is 0 Å². The lowest BCUT2D eigenvalue weighted by Crippen LogP contribution is -2.41. The van der Waals surface area contributed by atoms with Crippen molar-refractivity contribution in [1.29, 1.82) is 0 Å². The molecule has 1 aliphatic rings. The Bertz CT molecular complexity index is 454. The van der Waals surface area contributed by atoms with Gasteiger partial charge in [0.2, 0.25) is 0 Å². The summed E-state index contributed by atoms with van der Waals surface area (Å²) in [4.78, 5) is 0. The molecule has 18 heavy (non-hydrogen) atoms. The molecule has 0 aliphatic carbocycles. The van der Waals surface area contributed by atoms with Crippen LogP contribution in [-0.2, 0) is 9.31 Å². The molecule has 2 rings (SSSR count). The van der Waals surface area contributed by atoms with Crippen molar-refractivity contribution in [3.8, 4) is 0 Å². The zero-order valence-corrected chi connectivity index (χ0v) is 13.0. The third kappa shape index (κ3) is 2.33. The molecule has 6 heteroatoms. The van der Waals surface area contributed by atoms with Crippen molar-refractivity contribution in [1.82, 2.24) is 0 Å². The first kappa shape index (κ1) is 14.3. The minimum absolute atomic E-state index is 0.0651. The van der Waals surface area contributed by atoms with Gasteiger partial charge in [-0.1, -0.05) is 11.6 Å². The number of halogens is 3. The molecule has 1 aromatic carbocycles. The standard InChI is InChI=1S/C12H14BBrClFO2/c1-11(2)12(3,4)18-13(17-11)7-5-8(14)10(15)9(16)6-7/h5-6H,1-4H3. The first-order chi connectivity index (χ1) is 8.14. The molecule has 1 saturated heterocycles. The van der Waals surface area contributed by atoms with Crippen molar-refractivity contribution in [3.63, 3.8) is 0 Å². The predicted molar refractivity (Wildman–Crippen MR) is 74.8 cm³/mol.